The molecule has 0 radical (unpaired) electrons. The highest BCUT2D eigenvalue weighted by molar-refractivity contribution is 5.92. The Morgan fingerprint density at radius 3 is 2.29 bits per heavy atom. The average molecular weight is 530 g/mol. The summed E-state index contributed by atoms with van der Waals surface area (Å²) in [5.41, 5.74) is 1.25. The second kappa shape index (κ2) is 12.6. The first kappa shape index (κ1) is 29.5. The van der Waals surface area contributed by atoms with E-state index in [-0.39, 0.29) is 36.1 Å². The largest absolute Gasteiger partial charge is 0.481 e. The molecule has 0 saturated heterocycles. The number of amides is 3. The Labute approximate surface area is 225 Å². The average Bonchev–Trinajstić information content (AvgIpc) is 2.88. The van der Waals surface area contributed by atoms with E-state index in [1.807, 2.05) is 38.1 Å². The normalized spacial score (nSPS) is 23.0. The van der Waals surface area contributed by atoms with Crippen molar-refractivity contribution in [3.63, 3.8) is 0 Å². The molecule has 1 saturated carbocycles. The van der Waals surface area contributed by atoms with Gasteiger partial charge in [0.05, 0.1) is 12.5 Å². The number of rotatable bonds is 8. The van der Waals surface area contributed by atoms with Gasteiger partial charge in [0.1, 0.15) is 17.7 Å². The Balaban J connectivity index is 1.70. The molecule has 3 N–H and O–H groups in total. The van der Waals surface area contributed by atoms with Crippen molar-refractivity contribution < 1.29 is 29.0 Å². The van der Waals surface area contributed by atoms with E-state index in [0.717, 1.165) is 24.0 Å². The summed E-state index contributed by atoms with van der Waals surface area (Å²) in [5.74, 6) is -1.59. The maximum atomic E-state index is 13.6. The highest BCUT2D eigenvalue weighted by atomic mass is 16.6. The van der Waals surface area contributed by atoms with Crippen molar-refractivity contribution in [2.45, 2.75) is 97.4 Å². The van der Waals surface area contributed by atoms with Crippen molar-refractivity contribution in [3.8, 4) is 0 Å². The zero-order chi connectivity index (χ0) is 28.0. The van der Waals surface area contributed by atoms with E-state index < -0.39 is 29.7 Å². The van der Waals surface area contributed by atoms with E-state index in [1.54, 1.807) is 20.8 Å². The summed E-state index contributed by atoms with van der Waals surface area (Å²) in [6.45, 7) is 9.95. The zero-order valence-corrected chi connectivity index (χ0v) is 23.3. The lowest BCUT2D eigenvalue weighted by Crippen LogP contribution is -2.58. The van der Waals surface area contributed by atoms with Crippen molar-refractivity contribution in [2.75, 3.05) is 6.54 Å². The molecule has 1 aliphatic heterocycles. The SMILES string of the molecule is CC[C@H](C)[C@H](NC(=O)[C@@H]1Cc2ccccc2CN1C(=O)OC(C)(C)C)C(=O)NCC1CCC(C(=O)O)CC1. The van der Waals surface area contributed by atoms with E-state index in [2.05, 4.69) is 10.6 Å². The fourth-order valence-electron chi connectivity index (χ4n) is 5.19. The van der Waals surface area contributed by atoms with Crippen LogP contribution in [0.25, 0.3) is 0 Å². The summed E-state index contributed by atoms with van der Waals surface area (Å²) in [7, 11) is 0. The number of carboxylic acid groups (broad SMARTS) is 1. The Hall–Kier alpha value is -3.10. The summed E-state index contributed by atoms with van der Waals surface area (Å²) >= 11 is 0. The predicted octanol–water partition coefficient (Wildman–Crippen LogP) is 3.89. The molecule has 1 fully saturated rings. The van der Waals surface area contributed by atoms with Crippen molar-refractivity contribution in [3.05, 3.63) is 35.4 Å². The molecule has 1 aliphatic carbocycles. The molecule has 38 heavy (non-hydrogen) atoms. The van der Waals surface area contributed by atoms with Gasteiger partial charge in [0.25, 0.3) is 0 Å². The minimum Gasteiger partial charge on any atom is -0.481 e. The predicted molar refractivity (Wildman–Crippen MR) is 143 cm³/mol. The number of fused-ring (bicyclic) bond motifs is 1. The minimum absolute atomic E-state index is 0.118. The summed E-state index contributed by atoms with van der Waals surface area (Å²) in [6.07, 6.45) is 3.20. The minimum atomic E-state index is -0.801. The third kappa shape index (κ3) is 7.71. The molecule has 3 amide bonds. The van der Waals surface area contributed by atoms with Gasteiger partial charge >= 0.3 is 12.1 Å². The number of carboxylic acids is 1. The first-order valence-corrected chi connectivity index (χ1v) is 13.8. The molecule has 3 rings (SSSR count). The Kier molecular flexibility index (Phi) is 9.79. The summed E-state index contributed by atoms with van der Waals surface area (Å²) in [5, 5.41) is 15.2. The first-order chi connectivity index (χ1) is 17.9. The number of aliphatic carboxylic acids is 1. The van der Waals surface area contributed by atoms with Crippen LogP contribution in [0.2, 0.25) is 0 Å². The number of hydrogen-bond acceptors (Lipinski definition) is 5. The molecule has 210 valence electrons. The van der Waals surface area contributed by atoms with Gasteiger partial charge in [0.2, 0.25) is 11.8 Å². The van der Waals surface area contributed by atoms with E-state index in [4.69, 9.17) is 4.74 Å². The van der Waals surface area contributed by atoms with Crippen LogP contribution in [0.3, 0.4) is 0 Å². The van der Waals surface area contributed by atoms with Gasteiger partial charge in [-0.25, -0.2) is 4.79 Å². The third-order valence-corrected chi connectivity index (χ3v) is 7.73. The lowest BCUT2D eigenvalue weighted by molar-refractivity contribution is -0.143. The molecular formula is C29H43N3O6. The molecule has 9 heteroatoms. The van der Waals surface area contributed by atoms with Gasteiger partial charge in [-0.3, -0.25) is 19.3 Å². The highest BCUT2D eigenvalue weighted by Crippen LogP contribution is 2.29. The lowest BCUT2D eigenvalue weighted by atomic mass is 9.82. The van der Waals surface area contributed by atoms with Gasteiger partial charge in [-0.05, 0) is 69.4 Å². The van der Waals surface area contributed by atoms with Crippen LogP contribution in [0.4, 0.5) is 4.79 Å². The smallest absolute Gasteiger partial charge is 0.411 e. The second-order valence-corrected chi connectivity index (χ2v) is 11.8. The topological polar surface area (TPSA) is 125 Å². The molecular weight excluding hydrogens is 486 g/mol. The van der Waals surface area contributed by atoms with Gasteiger partial charge in [0.15, 0.2) is 0 Å². The molecule has 0 spiro atoms. The van der Waals surface area contributed by atoms with Gasteiger partial charge in [-0.15, -0.1) is 0 Å². The van der Waals surface area contributed by atoms with Gasteiger partial charge in [-0.1, -0.05) is 44.5 Å². The number of ether oxygens (including phenoxy) is 1. The van der Waals surface area contributed by atoms with Crippen molar-refractivity contribution in [1.82, 2.24) is 15.5 Å². The first-order valence-electron chi connectivity index (χ1n) is 13.8. The fraction of sp³-hybridized carbons (Fsp3) is 0.655. The number of nitrogens with one attached hydrogen (secondary N) is 2. The molecule has 1 heterocycles. The second-order valence-electron chi connectivity index (χ2n) is 11.8. The van der Waals surface area contributed by atoms with Gasteiger partial charge < -0.3 is 20.5 Å². The Morgan fingerprint density at radius 2 is 1.71 bits per heavy atom. The molecule has 3 atom stereocenters. The Bertz CT molecular complexity index is 1010. The number of carbonyl (C=O) groups is 4. The molecule has 0 bridgehead atoms. The quantitative estimate of drug-likeness (QED) is 0.469. The lowest BCUT2D eigenvalue weighted by Gasteiger charge is -2.37. The summed E-state index contributed by atoms with van der Waals surface area (Å²) in [6, 6.07) is 6.17. The van der Waals surface area contributed by atoms with E-state index in [0.29, 0.717) is 32.2 Å². The van der Waals surface area contributed by atoms with Crippen LogP contribution in [-0.2, 0) is 32.1 Å². The van der Waals surface area contributed by atoms with E-state index >= 15 is 0 Å². The standard InChI is InChI=1S/C29H43N3O6/c1-6-18(2)24(26(34)30-16-19-11-13-20(14-12-19)27(35)36)31-25(33)23-15-21-9-7-8-10-22(21)17-32(23)28(37)38-29(3,4)5/h7-10,18-20,23-24H,6,11-17H2,1-5H3,(H,30,34)(H,31,33)(H,35,36)/t18-,19?,20?,23-,24-/m0/s1. The molecule has 1 aromatic rings. The zero-order valence-electron chi connectivity index (χ0n) is 23.3. The third-order valence-electron chi connectivity index (χ3n) is 7.73. The summed E-state index contributed by atoms with van der Waals surface area (Å²) in [4.78, 5) is 52.7. The van der Waals surface area contributed by atoms with Crippen molar-refractivity contribution in [1.29, 1.82) is 0 Å². The van der Waals surface area contributed by atoms with Crippen LogP contribution in [0.1, 0.15) is 77.8 Å². The fourth-order valence-corrected chi connectivity index (χ4v) is 5.19. The molecule has 1 aromatic carbocycles. The highest BCUT2D eigenvalue weighted by Gasteiger charge is 2.39. The number of carbonyl (C=O) groups excluding carboxylic acids is 3. The van der Waals surface area contributed by atoms with Gasteiger partial charge in [0, 0.05) is 13.0 Å². The Morgan fingerprint density at radius 1 is 1.08 bits per heavy atom. The van der Waals surface area contributed by atoms with Crippen LogP contribution in [-0.4, -0.2) is 58.1 Å². The number of benzene rings is 1. The van der Waals surface area contributed by atoms with E-state index in [1.165, 1.54) is 4.90 Å². The van der Waals surface area contributed by atoms with Crippen LogP contribution < -0.4 is 10.6 Å². The molecule has 0 aromatic heterocycles. The summed E-state index contributed by atoms with van der Waals surface area (Å²) < 4.78 is 5.61. The van der Waals surface area contributed by atoms with Crippen LogP contribution in [0, 0.1) is 17.8 Å². The molecule has 9 nitrogen and oxygen atoms in total. The number of hydrogen-bond donors (Lipinski definition) is 3. The molecule has 0 unspecified atom stereocenters. The van der Waals surface area contributed by atoms with Crippen molar-refractivity contribution in [2.24, 2.45) is 17.8 Å². The number of nitrogens with zero attached hydrogens (tertiary/aromatic N) is 1. The van der Waals surface area contributed by atoms with Crippen LogP contribution in [0.15, 0.2) is 24.3 Å². The monoisotopic (exact) mass is 529 g/mol. The maximum Gasteiger partial charge on any atom is 0.411 e. The molecule has 2 aliphatic rings. The van der Waals surface area contributed by atoms with Gasteiger partial charge in [-0.2, -0.15) is 0 Å². The van der Waals surface area contributed by atoms with Crippen molar-refractivity contribution >= 4 is 23.9 Å². The van der Waals surface area contributed by atoms with Crippen LogP contribution >= 0.6 is 0 Å². The van der Waals surface area contributed by atoms with Crippen LogP contribution in [0.5, 0.6) is 0 Å². The maximum absolute atomic E-state index is 13.6. The van der Waals surface area contributed by atoms with E-state index in [9.17, 15) is 24.3 Å².